The van der Waals surface area contributed by atoms with Gasteiger partial charge in [-0.2, -0.15) is 5.10 Å². The maximum absolute atomic E-state index is 6.36. The van der Waals surface area contributed by atoms with Gasteiger partial charge in [-0.05, 0) is 43.1 Å². The molecule has 0 aliphatic carbocycles. The van der Waals surface area contributed by atoms with Crippen LogP contribution in [0.2, 0.25) is 0 Å². The molecule has 3 unspecified atom stereocenters. The lowest BCUT2D eigenvalue weighted by atomic mass is 9.91. The number of aromatic nitrogens is 2. The van der Waals surface area contributed by atoms with Crippen LogP contribution in [0.5, 0.6) is 0 Å². The first-order valence-electron chi connectivity index (χ1n) is 6.63. The number of nitrogens with two attached hydrogens (primary N) is 1. The Labute approximate surface area is 117 Å². The van der Waals surface area contributed by atoms with Crippen LogP contribution in [-0.4, -0.2) is 28.5 Å². The summed E-state index contributed by atoms with van der Waals surface area (Å²) in [5, 5.41) is 4.51. The molecule has 1 aromatic heterocycles. The summed E-state index contributed by atoms with van der Waals surface area (Å²) in [6, 6.07) is 0.139. The minimum absolute atomic E-state index is 0.139. The predicted octanol–water partition coefficient (Wildman–Crippen LogP) is 2.27. The van der Waals surface area contributed by atoms with E-state index in [1.807, 2.05) is 11.6 Å². The summed E-state index contributed by atoms with van der Waals surface area (Å²) in [5.74, 6) is 0.456. The van der Waals surface area contributed by atoms with Crippen molar-refractivity contribution in [2.75, 3.05) is 6.61 Å². The summed E-state index contributed by atoms with van der Waals surface area (Å²) in [6.07, 6.45) is 2.20. The highest BCUT2D eigenvalue weighted by molar-refractivity contribution is 9.10. The number of aryl methyl sites for hydroxylation is 2. The Morgan fingerprint density at radius 2 is 2.33 bits per heavy atom. The molecule has 0 saturated carbocycles. The first-order chi connectivity index (χ1) is 8.54. The van der Waals surface area contributed by atoms with E-state index in [4.69, 9.17) is 10.5 Å². The van der Waals surface area contributed by atoms with Gasteiger partial charge in [0.15, 0.2) is 0 Å². The normalized spacial score (nSPS) is 25.6. The number of ether oxygens (including phenoxy) is 1. The zero-order valence-electron chi connectivity index (χ0n) is 11.3. The van der Waals surface area contributed by atoms with Crippen molar-refractivity contribution in [3.05, 3.63) is 15.9 Å². The Balaban J connectivity index is 2.13. The van der Waals surface area contributed by atoms with Crippen LogP contribution >= 0.6 is 15.9 Å². The van der Waals surface area contributed by atoms with Gasteiger partial charge >= 0.3 is 0 Å². The summed E-state index contributed by atoms with van der Waals surface area (Å²) in [4.78, 5) is 0. The van der Waals surface area contributed by atoms with E-state index in [0.717, 1.165) is 36.2 Å². The fourth-order valence-corrected chi connectivity index (χ4v) is 3.19. The van der Waals surface area contributed by atoms with Crippen LogP contribution < -0.4 is 5.73 Å². The maximum atomic E-state index is 6.36. The summed E-state index contributed by atoms with van der Waals surface area (Å²) < 4.78 is 8.75. The highest BCUT2D eigenvalue weighted by atomic mass is 79.9. The molecule has 0 aromatic carbocycles. The van der Waals surface area contributed by atoms with Gasteiger partial charge in [0.1, 0.15) is 0 Å². The molecule has 1 aliphatic rings. The maximum Gasteiger partial charge on any atom is 0.0738 e. The number of rotatable bonds is 4. The van der Waals surface area contributed by atoms with Crippen LogP contribution in [0, 0.1) is 12.8 Å². The highest BCUT2D eigenvalue weighted by Gasteiger charge is 2.31. The number of hydrogen-bond donors (Lipinski definition) is 1. The molecular formula is C13H22BrN3O. The van der Waals surface area contributed by atoms with Crippen LogP contribution in [0.25, 0.3) is 0 Å². The SMILES string of the molecule is CCn1nc(C)c(Br)c1CC(N)C1CCOC1C. The zero-order chi connectivity index (χ0) is 13.3. The zero-order valence-corrected chi connectivity index (χ0v) is 12.9. The van der Waals surface area contributed by atoms with Crippen LogP contribution in [0.3, 0.4) is 0 Å². The first kappa shape index (κ1) is 14.0. The van der Waals surface area contributed by atoms with E-state index in [1.165, 1.54) is 5.69 Å². The summed E-state index contributed by atoms with van der Waals surface area (Å²) >= 11 is 3.62. The summed E-state index contributed by atoms with van der Waals surface area (Å²) in [7, 11) is 0. The molecule has 0 bridgehead atoms. The van der Waals surface area contributed by atoms with E-state index in [-0.39, 0.29) is 12.1 Å². The lowest BCUT2D eigenvalue weighted by Gasteiger charge is -2.22. The molecule has 2 heterocycles. The van der Waals surface area contributed by atoms with Crippen LogP contribution in [0.4, 0.5) is 0 Å². The molecule has 18 heavy (non-hydrogen) atoms. The topological polar surface area (TPSA) is 53.1 Å². The summed E-state index contributed by atoms with van der Waals surface area (Å²) in [5.41, 5.74) is 8.61. The predicted molar refractivity (Wildman–Crippen MR) is 75.5 cm³/mol. The highest BCUT2D eigenvalue weighted by Crippen LogP contribution is 2.28. The third-order valence-electron chi connectivity index (χ3n) is 3.87. The van der Waals surface area contributed by atoms with Gasteiger partial charge in [0.2, 0.25) is 0 Å². The molecule has 3 atom stereocenters. The van der Waals surface area contributed by atoms with Crippen molar-refractivity contribution in [3.63, 3.8) is 0 Å². The van der Waals surface area contributed by atoms with Crippen molar-refractivity contribution in [1.82, 2.24) is 9.78 Å². The molecule has 1 aromatic rings. The molecule has 0 spiro atoms. The van der Waals surface area contributed by atoms with E-state index < -0.39 is 0 Å². The second kappa shape index (κ2) is 5.72. The Bertz CT molecular complexity index is 419. The summed E-state index contributed by atoms with van der Waals surface area (Å²) in [6.45, 7) is 7.97. The van der Waals surface area contributed by atoms with Crippen LogP contribution in [0.1, 0.15) is 31.7 Å². The van der Waals surface area contributed by atoms with E-state index in [1.54, 1.807) is 0 Å². The largest absolute Gasteiger partial charge is 0.378 e. The van der Waals surface area contributed by atoms with E-state index in [2.05, 4.69) is 34.9 Å². The molecule has 5 heteroatoms. The fourth-order valence-electron chi connectivity index (χ4n) is 2.75. The first-order valence-corrected chi connectivity index (χ1v) is 7.42. The number of hydrogen-bond acceptors (Lipinski definition) is 3. The molecule has 2 rings (SSSR count). The van der Waals surface area contributed by atoms with Gasteiger partial charge in [-0.25, -0.2) is 0 Å². The number of halogens is 1. The van der Waals surface area contributed by atoms with Crippen LogP contribution in [0.15, 0.2) is 4.47 Å². The minimum Gasteiger partial charge on any atom is -0.378 e. The second-order valence-corrected chi connectivity index (χ2v) is 5.85. The smallest absolute Gasteiger partial charge is 0.0738 e. The molecule has 0 radical (unpaired) electrons. The second-order valence-electron chi connectivity index (χ2n) is 5.06. The van der Waals surface area contributed by atoms with Crippen molar-refractivity contribution in [1.29, 1.82) is 0 Å². The van der Waals surface area contributed by atoms with Gasteiger partial charge in [0, 0.05) is 31.5 Å². The quantitative estimate of drug-likeness (QED) is 0.927. The van der Waals surface area contributed by atoms with Crippen molar-refractivity contribution in [3.8, 4) is 0 Å². The fraction of sp³-hybridized carbons (Fsp3) is 0.769. The van der Waals surface area contributed by atoms with E-state index in [0.29, 0.717) is 5.92 Å². The van der Waals surface area contributed by atoms with Crippen molar-refractivity contribution in [2.24, 2.45) is 11.7 Å². The lowest BCUT2D eigenvalue weighted by Crippen LogP contribution is -2.36. The Hall–Kier alpha value is -0.390. The molecule has 1 fully saturated rings. The average Bonchev–Trinajstić information content (AvgIpc) is 2.87. The van der Waals surface area contributed by atoms with Crippen molar-refractivity contribution < 1.29 is 4.74 Å². The Morgan fingerprint density at radius 3 is 2.89 bits per heavy atom. The van der Waals surface area contributed by atoms with E-state index in [9.17, 15) is 0 Å². The van der Waals surface area contributed by atoms with E-state index >= 15 is 0 Å². The Morgan fingerprint density at radius 1 is 1.61 bits per heavy atom. The molecule has 1 aliphatic heterocycles. The molecular weight excluding hydrogens is 294 g/mol. The standard InChI is InChI=1S/C13H22BrN3O/c1-4-17-12(13(14)8(2)16-17)7-11(15)10-5-6-18-9(10)3/h9-11H,4-7,15H2,1-3H3. The molecule has 0 amide bonds. The van der Waals surface area contributed by atoms with Gasteiger partial charge in [0.05, 0.1) is 22.0 Å². The van der Waals surface area contributed by atoms with Crippen molar-refractivity contribution >= 4 is 15.9 Å². The molecule has 2 N–H and O–H groups in total. The third-order valence-corrected chi connectivity index (χ3v) is 4.90. The van der Waals surface area contributed by atoms with Gasteiger partial charge in [-0.1, -0.05) is 0 Å². The van der Waals surface area contributed by atoms with Gasteiger partial charge < -0.3 is 10.5 Å². The van der Waals surface area contributed by atoms with Gasteiger partial charge in [-0.15, -0.1) is 0 Å². The lowest BCUT2D eigenvalue weighted by molar-refractivity contribution is 0.0993. The van der Waals surface area contributed by atoms with Gasteiger partial charge in [-0.3, -0.25) is 4.68 Å². The molecule has 102 valence electrons. The number of nitrogens with zero attached hydrogens (tertiary/aromatic N) is 2. The molecule has 1 saturated heterocycles. The van der Waals surface area contributed by atoms with Crippen LogP contribution in [-0.2, 0) is 17.7 Å². The Kier molecular flexibility index (Phi) is 4.45. The van der Waals surface area contributed by atoms with Crippen molar-refractivity contribution in [2.45, 2.75) is 52.3 Å². The monoisotopic (exact) mass is 315 g/mol. The third kappa shape index (κ3) is 2.63. The van der Waals surface area contributed by atoms with Gasteiger partial charge in [0.25, 0.3) is 0 Å². The minimum atomic E-state index is 0.139. The average molecular weight is 316 g/mol. The molecule has 4 nitrogen and oxygen atoms in total.